The largest absolute Gasteiger partial charge is 0.483 e. The highest BCUT2D eigenvalue weighted by Gasteiger charge is 2.12. The van der Waals surface area contributed by atoms with E-state index in [2.05, 4.69) is 21.2 Å². The minimum Gasteiger partial charge on any atom is -0.483 e. The lowest BCUT2D eigenvalue weighted by Gasteiger charge is -2.11. The number of carbonyl (C=O) groups excluding carboxylic acids is 3. The molecule has 0 aliphatic heterocycles. The Labute approximate surface area is 198 Å². The molecule has 3 aromatic rings. The van der Waals surface area contributed by atoms with Crippen molar-refractivity contribution in [2.24, 2.45) is 5.10 Å². The van der Waals surface area contributed by atoms with Crippen molar-refractivity contribution >= 4 is 29.6 Å². The Bertz CT molecular complexity index is 1190. The highest BCUT2D eigenvalue weighted by atomic mass is 16.5. The zero-order chi connectivity index (χ0) is 24.3. The minimum absolute atomic E-state index is 0.202. The molecule has 0 spiro atoms. The number of rotatable bonds is 8. The summed E-state index contributed by atoms with van der Waals surface area (Å²) < 4.78 is 5.64. The number of aryl methyl sites for hydroxylation is 2. The zero-order valence-electron chi connectivity index (χ0n) is 19.0. The molecule has 8 nitrogen and oxygen atoms in total. The number of para-hydroxylation sites is 1. The highest BCUT2D eigenvalue weighted by Crippen LogP contribution is 2.18. The summed E-state index contributed by atoms with van der Waals surface area (Å²) in [5.41, 5.74) is 6.32. The van der Waals surface area contributed by atoms with E-state index in [4.69, 9.17) is 4.74 Å². The number of anilines is 1. The van der Waals surface area contributed by atoms with Gasteiger partial charge in [0.05, 0.1) is 6.21 Å². The van der Waals surface area contributed by atoms with Crippen LogP contribution in [-0.4, -0.2) is 30.5 Å². The third kappa shape index (κ3) is 7.30. The van der Waals surface area contributed by atoms with Crippen molar-refractivity contribution in [1.29, 1.82) is 0 Å². The number of amides is 3. The SMILES string of the molecule is Cc1ccc(C)c(NC(=O)COc2ccccc2/C=N/NC(=O)C(=O)NCc2ccccc2)c1. The van der Waals surface area contributed by atoms with Gasteiger partial charge in [-0.05, 0) is 48.7 Å². The van der Waals surface area contributed by atoms with Crippen molar-refractivity contribution in [2.45, 2.75) is 20.4 Å². The number of nitrogens with one attached hydrogen (secondary N) is 3. The van der Waals surface area contributed by atoms with Gasteiger partial charge in [-0.15, -0.1) is 0 Å². The molecule has 0 heterocycles. The van der Waals surface area contributed by atoms with Crippen molar-refractivity contribution in [3.05, 3.63) is 95.1 Å². The van der Waals surface area contributed by atoms with Gasteiger partial charge in [0.1, 0.15) is 5.75 Å². The van der Waals surface area contributed by atoms with Crippen LogP contribution in [-0.2, 0) is 20.9 Å². The lowest BCUT2D eigenvalue weighted by atomic mass is 10.1. The van der Waals surface area contributed by atoms with Crippen LogP contribution in [0.25, 0.3) is 0 Å². The van der Waals surface area contributed by atoms with Crippen LogP contribution in [0.1, 0.15) is 22.3 Å². The van der Waals surface area contributed by atoms with Gasteiger partial charge < -0.3 is 15.4 Å². The van der Waals surface area contributed by atoms with Gasteiger partial charge >= 0.3 is 11.8 Å². The molecule has 0 fully saturated rings. The van der Waals surface area contributed by atoms with Gasteiger partial charge in [0.2, 0.25) is 0 Å². The van der Waals surface area contributed by atoms with Crippen LogP contribution in [0.2, 0.25) is 0 Å². The summed E-state index contributed by atoms with van der Waals surface area (Å²) in [5.74, 6) is -1.58. The minimum atomic E-state index is -0.890. The number of hydrogen-bond acceptors (Lipinski definition) is 5. The molecule has 8 heteroatoms. The first-order valence-corrected chi connectivity index (χ1v) is 10.7. The van der Waals surface area contributed by atoms with Gasteiger partial charge in [-0.3, -0.25) is 14.4 Å². The van der Waals surface area contributed by atoms with E-state index in [9.17, 15) is 14.4 Å². The number of hydrogen-bond donors (Lipinski definition) is 3. The predicted octanol–water partition coefficient (Wildman–Crippen LogP) is 3.09. The molecular formula is C26H26N4O4. The molecule has 0 radical (unpaired) electrons. The van der Waals surface area contributed by atoms with Crippen LogP contribution < -0.4 is 20.8 Å². The molecule has 0 aromatic heterocycles. The molecule has 0 unspecified atom stereocenters. The van der Waals surface area contributed by atoms with Crippen molar-refractivity contribution in [1.82, 2.24) is 10.7 Å². The van der Waals surface area contributed by atoms with Gasteiger partial charge in [0.25, 0.3) is 5.91 Å². The maximum Gasteiger partial charge on any atom is 0.329 e. The molecule has 3 aromatic carbocycles. The van der Waals surface area contributed by atoms with Crippen molar-refractivity contribution in [3.8, 4) is 5.75 Å². The second kappa shape index (κ2) is 12.0. The molecule has 174 valence electrons. The Balaban J connectivity index is 1.51. The lowest BCUT2D eigenvalue weighted by Crippen LogP contribution is -2.37. The maximum absolute atomic E-state index is 12.3. The van der Waals surface area contributed by atoms with Gasteiger partial charge in [-0.1, -0.05) is 54.6 Å². The van der Waals surface area contributed by atoms with Crippen molar-refractivity contribution in [3.63, 3.8) is 0 Å². The lowest BCUT2D eigenvalue weighted by molar-refractivity contribution is -0.139. The molecule has 34 heavy (non-hydrogen) atoms. The summed E-state index contributed by atoms with van der Waals surface area (Å²) in [6, 6.07) is 22.0. The average molecular weight is 459 g/mol. The van der Waals surface area contributed by atoms with Crippen LogP contribution in [0.4, 0.5) is 5.69 Å². The van der Waals surface area contributed by atoms with E-state index in [1.807, 2.05) is 62.4 Å². The van der Waals surface area contributed by atoms with Crippen LogP contribution in [0.3, 0.4) is 0 Å². The third-order valence-electron chi connectivity index (χ3n) is 4.82. The first-order chi connectivity index (χ1) is 16.4. The summed E-state index contributed by atoms with van der Waals surface area (Å²) in [6.45, 7) is 3.90. The molecule has 0 saturated heterocycles. The molecule has 0 aliphatic carbocycles. The Hall–Kier alpha value is -4.46. The Morgan fingerprint density at radius 1 is 0.912 bits per heavy atom. The van der Waals surface area contributed by atoms with Gasteiger partial charge in [-0.2, -0.15) is 5.10 Å². The van der Waals surface area contributed by atoms with Crippen LogP contribution >= 0.6 is 0 Å². The van der Waals surface area contributed by atoms with E-state index >= 15 is 0 Å². The first-order valence-electron chi connectivity index (χ1n) is 10.7. The van der Waals surface area contributed by atoms with Crippen LogP contribution in [0.15, 0.2) is 77.9 Å². The van der Waals surface area contributed by atoms with E-state index in [0.29, 0.717) is 11.3 Å². The number of hydrazone groups is 1. The number of benzene rings is 3. The van der Waals surface area contributed by atoms with Gasteiger partial charge in [0.15, 0.2) is 6.61 Å². The monoisotopic (exact) mass is 458 g/mol. The molecular weight excluding hydrogens is 432 g/mol. The van der Waals surface area contributed by atoms with E-state index in [1.54, 1.807) is 24.3 Å². The molecule has 3 amide bonds. The number of carbonyl (C=O) groups is 3. The zero-order valence-corrected chi connectivity index (χ0v) is 19.0. The van der Waals surface area contributed by atoms with E-state index < -0.39 is 11.8 Å². The van der Waals surface area contributed by atoms with E-state index in [1.165, 1.54) is 6.21 Å². The topological polar surface area (TPSA) is 109 Å². The molecule has 3 rings (SSSR count). The molecule has 0 atom stereocenters. The summed E-state index contributed by atoms with van der Waals surface area (Å²) >= 11 is 0. The maximum atomic E-state index is 12.3. The number of ether oxygens (including phenoxy) is 1. The Kier molecular flexibility index (Phi) is 8.51. The fourth-order valence-corrected chi connectivity index (χ4v) is 2.99. The van der Waals surface area contributed by atoms with Gasteiger partial charge in [0, 0.05) is 17.8 Å². The van der Waals surface area contributed by atoms with Gasteiger partial charge in [-0.25, -0.2) is 5.43 Å². The Morgan fingerprint density at radius 3 is 2.44 bits per heavy atom. The quantitative estimate of drug-likeness (QED) is 0.274. The average Bonchev–Trinajstić information content (AvgIpc) is 2.84. The fraction of sp³-hybridized carbons (Fsp3) is 0.154. The van der Waals surface area contributed by atoms with Crippen LogP contribution in [0.5, 0.6) is 5.75 Å². The fourth-order valence-electron chi connectivity index (χ4n) is 2.99. The molecule has 3 N–H and O–H groups in total. The molecule has 0 aliphatic rings. The second-order valence-electron chi connectivity index (χ2n) is 7.56. The predicted molar refractivity (Wildman–Crippen MR) is 131 cm³/mol. The van der Waals surface area contributed by atoms with Crippen molar-refractivity contribution < 1.29 is 19.1 Å². The van der Waals surface area contributed by atoms with E-state index in [0.717, 1.165) is 22.4 Å². The smallest absolute Gasteiger partial charge is 0.329 e. The number of nitrogens with zero attached hydrogens (tertiary/aromatic N) is 1. The van der Waals surface area contributed by atoms with Crippen LogP contribution in [0, 0.1) is 13.8 Å². The summed E-state index contributed by atoms with van der Waals surface area (Å²) in [7, 11) is 0. The molecule has 0 saturated carbocycles. The summed E-state index contributed by atoms with van der Waals surface area (Å²) in [6.07, 6.45) is 1.35. The normalized spacial score (nSPS) is 10.5. The second-order valence-corrected chi connectivity index (χ2v) is 7.56. The van der Waals surface area contributed by atoms with E-state index in [-0.39, 0.29) is 19.1 Å². The standard InChI is InChI=1S/C26H26N4O4/c1-18-12-13-19(2)22(14-18)29-24(31)17-34-23-11-7-6-10-21(23)16-28-30-26(33)25(32)27-15-20-8-4-3-5-9-20/h3-14,16H,15,17H2,1-2H3,(H,27,32)(H,29,31)(H,30,33)/b28-16+. The molecule has 0 bridgehead atoms. The van der Waals surface area contributed by atoms with Crippen molar-refractivity contribution in [2.75, 3.05) is 11.9 Å². The summed E-state index contributed by atoms with van der Waals surface area (Å²) in [5, 5.41) is 9.19. The Morgan fingerprint density at radius 2 is 1.65 bits per heavy atom. The highest BCUT2D eigenvalue weighted by molar-refractivity contribution is 6.35. The third-order valence-corrected chi connectivity index (χ3v) is 4.82. The first kappa shape index (κ1) is 24.2. The summed E-state index contributed by atoms with van der Waals surface area (Å²) in [4.78, 5) is 36.2.